The van der Waals surface area contributed by atoms with E-state index in [1.807, 2.05) is 62.4 Å². The zero-order chi connectivity index (χ0) is 29.4. The molecule has 1 unspecified atom stereocenters. The average molecular weight is 573 g/mol. The molecule has 4 aromatic rings. The summed E-state index contributed by atoms with van der Waals surface area (Å²) in [6.07, 6.45) is 8.99. The standard InChI is InChI=1S/C30H40N8O2Si/c1-20(41(5,6)7)26-27(35-36-34-26)21-9-8-10-22(15-21)28-31-16-23(17-32-28)24-18-33-38(19-24)25-11-13-37(14-12-25)29(39)40-30(2,3)4/h8-10,15-20,25H,11-14H2,1-7H3,(H,34,35,36). The predicted octanol–water partition coefficient (Wildman–Crippen LogP) is 6.35. The molecule has 5 rings (SSSR count). The van der Waals surface area contributed by atoms with E-state index in [0.29, 0.717) is 24.5 Å². The lowest BCUT2D eigenvalue weighted by atomic mass is 10.0. The summed E-state index contributed by atoms with van der Waals surface area (Å²) in [7, 11) is -1.43. The second-order valence-electron chi connectivity index (χ2n) is 12.9. The first-order valence-electron chi connectivity index (χ1n) is 14.3. The van der Waals surface area contributed by atoms with E-state index >= 15 is 0 Å². The van der Waals surface area contributed by atoms with Gasteiger partial charge in [-0.15, -0.1) is 5.10 Å². The van der Waals surface area contributed by atoms with Crippen molar-refractivity contribution in [2.75, 3.05) is 13.1 Å². The maximum absolute atomic E-state index is 12.4. The number of nitrogens with one attached hydrogen (secondary N) is 1. The number of hydrogen-bond acceptors (Lipinski definition) is 7. The fraction of sp³-hybridized carbons (Fsp3) is 0.467. The summed E-state index contributed by atoms with van der Waals surface area (Å²) in [5, 5.41) is 16.3. The Bertz CT molecular complexity index is 1490. The Morgan fingerprint density at radius 1 is 1.02 bits per heavy atom. The number of amides is 1. The quantitative estimate of drug-likeness (QED) is 0.268. The maximum atomic E-state index is 12.4. The number of rotatable bonds is 6. The number of nitrogens with zero attached hydrogens (tertiary/aromatic N) is 7. The molecule has 1 aromatic carbocycles. The van der Waals surface area contributed by atoms with Gasteiger partial charge in [0.05, 0.1) is 26.0 Å². The lowest BCUT2D eigenvalue weighted by Crippen LogP contribution is -2.42. The van der Waals surface area contributed by atoms with Gasteiger partial charge in [-0.05, 0) is 45.2 Å². The Morgan fingerprint density at radius 2 is 1.71 bits per heavy atom. The molecule has 11 heteroatoms. The number of hydrogen-bond donors (Lipinski definition) is 1. The molecule has 0 spiro atoms. The molecule has 0 radical (unpaired) electrons. The molecule has 1 saturated heterocycles. The minimum atomic E-state index is -1.43. The van der Waals surface area contributed by atoms with Crippen LogP contribution in [0.1, 0.15) is 57.8 Å². The Morgan fingerprint density at radius 3 is 2.37 bits per heavy atom. The van der Waals surface area contributed by atoms with Gasteiger partial charge in [-0.2, -0.15) is 5.10 Å². The number of aromatic nitrogens is 7. The Hall–Kier alpha value is -3.86. The molecule has 1 fully saturated rings. The van der Waals surface area contributed by atoms with Crippen LogP contribution in [0.25, 0.3) is 33.8 Å². The molecule has 1 amide bonds. The highest BCUT2D eigenvalue weighted by Gasteiger charge is 2.29. The van der Waals surface area contributed by atoms with Crippen molar-refractivity contribution in [2.45, 2.75) is 77.4 Å². The van der Waals surface area contributed by atoms with Gasteiger partial charge in [0, 0.05) is 53.9 Å². The molecule has 0 saturated carbocycles. The summed E-state index contributed by atoms with van der Waals surface area (Å²) in [5.41, 5.74) is 5.69. The van der Waals surface area contributed by atoms with Crippen LogP contribution in [0.3, 0.4) is 0 Å². The van der Waals surface area contributed by atoms with Crippen molar-refractivity contribution in [3.8, 4) is 33.8 Å². The van der Waals surface area contributed by atoms with E-state index in [1.54, 1.807) is 4.90 Å². The third-order valence-corrected chi connectivity index (χ3v) is 10.7. The highest BCUT2D eigenvalue weighted by molar-refractivity contribution is 6.77. The van der Waals surface area contributed by atoms with E-state index in [-0.39, 0.29) is 12.1 Å². The predicted molar refractivity (Wildman–Crippen MR) is 162 cm³/mol. The van der Waals surface area contributed by atoms with Gasteiger partial charge >= 0.3 is 6.09 Å². The number of H-pyrrole nitrogens is 1. The summed E-state index contributed by atoms with van der Waals surface area (Å²) >= 11 is 0. The summed E-state index contributed by atoms with van der Waals surface area (Å²) in [5.74, 6) is 0.654. The van der Waals surface area contributed by atoms with Crippen molar-refractivity contribution >= 4 is 14.2 Å². The van der Waals surface area contributed by atoms with Crippen molar-refractivity contribution in [2.24, 2.45) is 0 Å². The fourth-order valence-electron chi connectivity index (χ4n) is 4.94. The number of likely N-dealkylation sites (tertiary alicyclic amines) is 1. The van der Waals surface area contributed by atoms with Crippen LogP contribution >= 0.6 is 0 Å². The lowest BCUT2D eigenvalue weighted by molar-refractivity contribution is 0.0185. The topological polar surface area (TPSA) is 115 Å². The van der Waals surface area contributed by atoms with Crippen molar-refractivity contribution in [3.63, 3.8) is 0 Å². The van der Waals surface area contributed by atoms with E-state index in [1.165, 1.54) is 0 Å². The highest BCUT2D eigenvalue weighted by atomic mass is 28.3. The first-order valence-corrected chi connectivity index (χ1v) is 17.8. The van der Waals surface area contributed by atoms with Crippen molar-refractivity contribution < 1.29 is 9.53 Å². The first-order chi connectivity index (χ1) is 19.4. The third-order valence-electron chi connectivity index (χ3n) is 7.78. The monoisotopic (exact) mass is 572 g/mol. The van der Waals surface area contributed by atoms with Gasteiger partial charge in [0.1, 0.15) is 11.3 Å². The molecule has 216 valence electrons. The summed E-state index contributed by atoms with van der Waals surface area (Å²) in [4.78, 5) is 23.5. The van der Waals surface area contributed by atoms with E-state index in [2.05, 4.69) is 69.2 Å². The zero-order valence-corrected chi connectivity index (χ0v) is 26.0. The zero-order valence-electron chi connectivity index (χ0n) is 25.0. The van der Waals surface area contributed by atoms with Crippen LogP contribution in [-0.2, 0) is 4.74 Å². The Kier molecular flexibility index (Phi) is 7.82. The minimum Gasteiger partial charge on any atom is -0.444 e. The van der Waals surface area contributed by atoms with Gasteiger partial charge in [-0.3, -0.25) is 9.78 Å². The molecule has 1 aliphatic heterocycles. The fourth-order valence-corrected chi connectivity index (χ4v) is 6.01. The summed E-state index contributed by atoms with van der Waals surface area (Å²) < 4.78 is 7.51. The van der Waals surface area contributed by atoms with Crippen LogP contribution in [0.4, 0.5) is 4.79 Å². The smallest absolute Gasteiger partial charge is 0.410 e. The molecular formula is C30H40N8O2Si. The molecule has 41 heavy (non-hydrogen) atoms. The number of piperidine rings is 1. The Labute approximate surface area is 242 Å². The average Bonchev–Trinajstić information content (AvgIpc) is 3.62. The lowest BCUT2D eigenvalue weighted by Gasteiger charge is -2.33. The van der Waals surface area contributed by atoms with Crippen molar-refractivity contribution in [1.82, 2.24) is 40.1 Å². The largest absolute Gasteiger partial charge is 0.444 e. The number of aromatic amines is 1. The number of ether oxygens (including phenoxy) is 1. The number of carbonyl (C=O) groups is 1. The van der Waals surface area contributed by atoms with Gasteiger partial charge in [-0.1, -0.05) is 50.0 Å². The van der Waals surface area contributed by atoms with Gasteiger partial charge in [0.2, 0.25) is 0 Å². The first kappa shape index (κ1) is 28.7. The number of benzene rings is 1. The van der Waals surface area contributed by atoms with Gasteiger partial charge in [0.25, 0.3) is 0 Å². The number of carbonyl (C=O) groups excluding carboxylic acids is 1. The van der Waals surface area contributed by atoms with E-state index in [9.17, 15) is 4.79 Å². The van der Waals surface area contributed by atoms with E-state index in [4.69, 9.17) is 4.74 Å². The van der Waals surface area contributed by atoms with Gasteiger partial charge < -0.3 is 9.64 Å². The molecule has 10 nitrogen and oxygen atoms in total. The summed E-state index contributed by atoms with van der Waals surface area (Å²) in [6.45, 7) is 16.3. The van der Waals surface area contributed by atoms with E-state index < -0.39 is 13.7 Å². The Balaban J connectivity index is 1.26. The maximum Gasteiger partial charge on any atom is 0.410 e. The van der Waals surface area contributed by atoms with E-state index in [0.717, 1.165) is 46.5 Å². The molecule has 3 aromatic heterocycles. The van der Waals surface area contributed by atoms with Crippen LogP contribution in [0.2, 0.25) is 19.6 Å². The molecule has 0 aliphatic carbocycles. The van der Waals surface area contributed by atoms with Gasteiger partial charge in [0.15, 0.2) is 5.82 Å². The van der Waals surface area contributed by atoms with Crippen molar-refractivity contribution in [1.29, 1.82) is 0 Å². The van der Waals surface area contributed by atoms with Gasteiger partial charge in [-0.25, -0.2) is 14.8 Å². The SMILES string of the molecule is CC(c1[nH]nnc1-c1cccc(-c2ncc(-c3cnn(C4CCN(C(=O)OC(C)(C)C)CC4)c3)cn2)c1)[Si](C)(C)C. The molecule has 1 N–H and O–H groups in total. The van der Waals surface area contributed by atoms with Crippen LogP contribution in [-0.4, -0.2) is 72.9 Å². The van der Waals surface area contributed by atoms with Crippen LogP contribution in [0.15, 0.2) is 49.1 Å². The third kappa shape index (κ3) is 6.56. The molecule has 1 aliphatic rings. The van der Waals surface area contributed by atoms with Crippen molar-refractivity contribution in [3.05, 3.63) is 54.7 Å². The van der Waals surface area contributed by atoms with Crippen LogP contribution in [0.5, 0.6) is 0 Å². The molecule has 1 atom stereocenters. The second-order valence-corrected chi connectivity index (χ2v) is 18.5. The van der Waals surface area contributed by atoms with Crippen LogP contribution < -0.4 is 0 Å². The minimum absolute atomic E-state index is 0.232. The normalized spacial score (nSPS) is 15.6. The summed E-state index contributed by atoms with van der Waals surface area (Å²) in [6, 6.07) is 8.40. The molecular weight excluding hydrogens is 532 g/mol. The van der Waals surface area contributed by atoms with Crippen LogP contribution in [0, 0.1) is 0 Å². The second kappa shape index (κ2) is 11.2. The highest BCUT2D eigenvalue weighted by Crippen LogP contribution is 2.33. The molecule has 0 bridgehead atoms. The molecule has 4 heterocycles.